The van der Waals surface area contributed by atoms with E-state index >= 15 is 0 Å². The Hall–Kier alpha value is -3.85. The van der Waals surface area contributed by atoms with Gasteiger partial charge in [0.05, 0.1) is 19.2 Å². The smallest absolute Gasteiger partial charge is 0.409 e. The molecule has 0 radical (unpaired) electrons. The number of methoxy groups -OCH3 is 1. The summed E-state index contributed by atoms with van der Waals surface area (Å²) in [5, 5.41) is 3.17. The number of thiophene rings is 1. The Balaban J connectivity index is 1.51. The van der Waals surface area contributed by atoms with Crippen LogP contribution < -0.4 is 15.8 Å². The second-order valence-corrected chi connectivity index (χ2v) is 8.21. The van der Waals surface area contributed by atoms with Crippen LogP contribution >= 0.6 is 11.3 Å². The Morgan fingerprint density at radius 1 is 1.03 bits per heavy atom. The van der Waals surface area contributed by atoms with Gasteiger partial charge in [-0.3, -0.25) is 9.59 Å². The number of nitrogens with one attached hydrogen (secondary N) is 1. The van der Waals surface area contributed by atoms with Crippen LogP contribution in [0.5, 0.6) is 11.5 Å². The first-order chi connectivity index (χ1) is 15.5. The molecule has 0 saturated heterocycles. The summed E-state index contributed by atoms with van der Waals surface area (Å²) < 4.78 is 10.5. The van der Waals surface area contributed by atoms with E-state index in [1.807, 2.05) is 30.3 Å². The van der Waals surface area contributed by atoms with Crippen molar-refractivity contribution < 1.29 is 23.9 Å². The molecule has 2 heterocycles. The number of carbonyl (C=O) groups excluding carboxylic acids is 3. The van der Waals surface area contributed by atoms with Gasteiger partial charge >= 0.3 is 6.09 Å². The van der Waals surface area contributed by atoms with Crippen LogP contribution in [-0.2, 0) is 17.7 Å². The zero-order chi connectivity index (χ0) is 22.7. The van der Waals surface area contributed by atoms with Crippen LogP contribution in [0.15, 0.2) is 54.6 Å². The summed E-state index contributed by atoms with van der Waals surface area (Å²) >= 11 is 1.24. The summed E-state index contributed by atoms with van der Waals surface area (Å²) in [6.07, 6.45) is 0.0220. The molecule has 0 unspecified atom stereocenters. The lowest BCUT2D eigenvalue weighted by Crippen LogP contribution is -2.35. The lowest BCUT2D eigenvalue weighted by molar-refractivity contribution is 0.0999. The Kier molecular flexibility index (Phi) is 6.09. The largest absolute Gasteiger partial charge is 0.457 e. The number of fused-ring (bicyclic) bond motifs is 1. The van der Waals surface area contributed by atoms with Crippen LogP contribution in [0.2, 0.25) is 0 Å². The van der Waals surface area contributed by atoms with Crippen molar-refractivity contribution in [3.63, 3.8) is 0 Å². The molecule has 1 aliphatic rings. The van der Waals surface area contributed by atoms with Crippen molar-refractivity contribution in [2.75, 3.05) is 19.0 Å². The molecule has 3 N–H and O–H groups in total. The number of primary amides is 1. The fourth-order valence-corrected chi connectivity index (χ4v) is 4.78. The summed E-state index contributed by atoms with van der Waals surface area (Å²) in [7, 11) is 1.32. The van der Waals surface area contributed by atoms with Gasteiger partial charge in [0.1, 0.15) is 16.5 Å². The maximum atomic E-state index is 12.8. The number of amides is 3. The maximum absolute atomic E-state index is 12.8. The number of rotatable bonds is 5. The molecule has 0 spiro atoms. The fourth-order valence-electron chi connectivity index (χ4n) is 3.51. The minimum absolute atomic E-state index is 0.298. The SMILES string of the molecule is COC(=O)N1CCc2c(sc(NC(=O)c3ccc(Oc4ccccc4)cc3)c2C(N)=O)C1. The lowest BCUT2D eigenvalue weighted by Gasteiger charge is -2.25. The molecule has 8 nitrogen and oxygen atoms in total. The highest BCUT2D eigenvalue weighted by atomic mass is 32.1. The molecular weight excluding hydrogens is 430 g/mol. The number of ether oxygens (including phenoxy) is 2. The topological polar surface area (TPSA) is 111 Å². The first kappa shape index (κ1) is 21.4. The van der Waals surface area contributed by atoms with E-state index in [1.54, 1.807) is 29.2 Å². The van der Waals surface area contributed by atoms with Crippen LogP contribution in [0.3, 0.4) is 0 Å². The zero-order valence-corrected chi connectivity index (χ0v) is 18.1. The van der Waals surface area contributed by atoms with Crippen LogP contribution in [0, 0.1) is 0 Å². The van der Waals surface area contributed by atoms with E-state index in [1.165, 1.54) is 18.4 Å². The maximum Gasteiger partial charge on any atom is 0.409 e. The monoisotopic (exact) mass is 451 g/mol. The highest BCUT2D eigenvalue weighted by molar-refractivity contribution is 7.17. The van der Waals surface area contributed by atoms with E-state index in [0.29, 0.717) is 47.1 Å². The van der Waals surface area contributed by atoms with Gasteiger partial charge in [-0.2, -0.15) is 0 Å². The van der Waals surface area contributed by atoms with Crippen LogP contribution in [0.1, 0.15) is 31.2 Å². The third-order valence-electron chi connectivity index (χ3n) is 5.06. The lowest BCUT2D eigenvalue weighted by atomic mass is 10.0. The molecule has 32 heavy (non-hydrogen) atoms. The summed E-state index contributed by atoms with van der Waals surface area (Å²) in [5.41, 5.74) is 7.08. The van der Waals surface area contributed by atoms with Gasteiger partial charge in [0.15, 0.2) is 0 Å². The number of nitrogens with two attached hydrogens (primary N) is 1. The Morgan fingerprint density at radius 2 is 1.72 bits per heavy atom. The van der Waals surface area contributed by atoms with E-state index < -0.39 is 12.0 Å². The average Bonchev–Trinajstić information content (AvgIpc) is 3.16. The Morgan fingerprint density at radius 3 is 2.38 bits per heavy atom. The van der Waals surface area contributed by atoms with Gasteiger partial charge < -0.3 is 25.4 Å². The Bertz CT molecular complexity index is 1160. The van der Waals surface area contributed by atoms with Gasteiger partial charge in [-0.25, -0.2) is 4.79 Å². The molecule has 0 atom stereocenters. The number of benzene rings is 2. The highest BCUT2D eigenvalue weighted by Crippen LogP contribution is 2.37. The second-order valence-electron chi connectivity index (χ2n) is 7.11. The second kappa shape index (κ2) is 9.11. The molecule has 3 aromatic rings. The molecule has 4 rings (SSSR count). The van der Waals surface area contributed by atoms with Crippen molar-refractivity contribution in [3.8, 4) is 11.5 Å². The standard InChI is InChI=1S/C23H21N3O5S/c1-30-23(29)26-12-11-17-18(13-26)32-22(19(17)20(24)27)25-21(28)14-7-9-16(10-8-14)31-15-5-3-2-4-6-15/h2-10H,11-13H2,1H3,(H2,24,27)(H,25,28). The van der Waals surface area contributed by atoms with Crippen LogP contribution in [0.25, 0.3) is 0 Å². The first-order valence-electron chi connectivity index (χ1n) is 9.88. The number of para-hydroxylation sites is 1. The van der Waals surface area contributed by atoms with E-state index in [-0.39, 0.29) is 5.91 Å². The minimum atomic E-state index is -0.615. The van der Waals surface area contributed by atoms with Crippen molar-refractivity contribution in [2.45, 2.75) is 13.0 Å². The van der Waals surface area contributed by atoms with Gasteiger partial charge in [-0.05, 0) is 48.4 Å². The number of carbonyl (C=O) groups is 3. The van der Waals surface area contributed by atoms with E-state index in [0.717, 1.165) is 10.4 Å². The van der Waals surface area contributed by atoms with Crippen LogP contribution in [-0.4, -0.2) is 36.5 Å². The fraction of sp³-hybridized carbons (Fsp3) is 0.174. The van der Waals surface area contributed by atoms with Crippen molar-refractivity contribution in [3.05, 3.63) is 76.2 Å². The number of nitrogens with zero attached hydrogens (tertiary/aromatic N) is 1. The number of anilines is 1. The average molecular weight is 452 g/mol. The quantitative estimate of drug-likeness (QED) is 0.609. The zero-order valence-electron chi connectivity index (χ0n) is 17.3. The predicted molar refractivity (Wildman–Crippen MR) is 120 cm³/mol. The summed E-state index contributed by atoms with van der Waals surface area (Å²) in [5.74, 6) is 0.305. The molecule has 0 bridgehead atoms. The molecule has 3 amide bonds. The van der Waals surface area contributed by atoms with E-state index in [2.05, 4.69) is 5.32 Å². The normalized spacial score (nSPS) is 12.6. The molecule has 0 saturated carbocycles. The summed E-state index contributed by atoms with van der Waals surface area (Å²) in [4.78, 5) is 39.1. The highest BCUT2D eigenvalue weighted by Gasteiger charge is 2.30. The third-order valence-corrected chi connectivity index (χ3v) is 6.19. The van der Waals surface area contributed by atoms with Gasteiger partial charge in [-0.15, -0.1) is 11.3 Å². The van der Waals surface area contributed by atoms with Gasteiger partial charge in [0, 0.05) is 17.0 Å². The predicted octanol–water partition coefficient (Wildman–Crippen LogP) is 4.02. The summed E-state index contributed by atoms with van der Waals surface area (Å²) in [6.45, 7) is 0.710. The first-order valence-corrected chi connectivity index (χ1v) is 10.7. The van der Waals surface area contributed by atoms with Gasteiger partial charge in [0.2, 0.25) is 0 Å². The van der Waals surface area contributed by atoms with Crippen molar-refractivity contribution >= 4 is 34.2 Å². The molecule has 0 aliphatic carbocycles. The summed E-state index contributed by atoms with van der Waals surface area (Å²) in [6, 6.07) is 16.0. The molecule has 0 fully saturated rings. The van der Waals surface area contributed by atoms with Gasteiger partial charge in [0.25, 0.3) is 11.8 Å². The molecule has 2 aromatic carbocycles. The molecular formula is C23H21N3O5S. The Labute approximate surface area is 188 Å². The molecule has 9 heteroatoms. The number of hydrogen-bond donors (Lipinski definition) is 2. The van der Waals surface area contributed by atoms with Crippen molar-refractivity contribution in [1.29, 1.82) is 0 Å². The minimum Gasteiger partial charge on any atom is -0.457 e. The molecule has 1 aromatic heterocycles. The van der Waals surface area contributed by atoms with E-state index in [4.69, 9.17) is 15.2 Å². The number of hydrogen-bond acceptors (Lipinski definition) is 6. The molecule has 1 aliphatic heterocycles. The van der Waals surface area contributed by atoms with Crippen molar-refractivity contribution in [2.24, 2.45) is 5.73 Å². The van der Waals surface area contributed by atoms with Gasteiger partial charge in [-0.1, -0.05) is 18.2 Å². The third kappa shape index (κ3) is 4.42. The van der Waals surface area contributed by atoms with Crippen LogP contribution in [0.4, 0.5) is 9.80 Å². The van der Waals surface area contributed by atoms with E-state index in [9.17, 15) is 14.4 Å². The molecule has 164 valence electrons. The van der Waals surface area contributed by atoms with Crippen molar-refractivity contribution in [1.82, 2.24) is 4.90 Å².